The van der Waals surface area contributed by atoms with Crippen LogP contribution in [0.25, 0.3) is 22.0 Å². The SMILES string of the molecule is Cc1ccc(-c2cc3cc[nH]c(=O)c3c(Nc3ccc(N4CCO[C@H](C)C4)c(C)c3)n2)cn1. The van der Waals surface area contributed by atoms with Crippen molar-refractivity contribution in [3.05, 3.63) is 76.5 Å². The van der Waals surface area contributed by atoms with Gasteiger partial charge in [0.2, 0.25) is 0 Å². The van der Waals surface area contributed by atoms with Gasteiger partial charge in [-0.25, -0.2) is 4.98 Å². The molecule has 7 nitrogen and oxygen atoms in total. The molecule has 1 aliphatic heterocycles. The van der Waals surface area contributed by atoms with Crippen LogP contribution in [0.4, 0.5) is 17.2 Å². The van der Waals surface area contributed by atoms with Gasteiger partial charge in [-0.3, -0.25) is 9.78 Å². The number of H-pyrrole nitrogens is 1. The number of aromatic amines is 1. The summed E-state index contributed by atoms with van der Waals surface area (Å²) in [4.78, 5) is 27.0. The second-order valence-electron chi connectivity index (χ2n) is 8.57. The first-order valence-corrected chi connectivity index (χ1v) is 11.2. The highest BCUT2D eigenvalue weighted by Gasteiger charge is 2.19. The molecule has 1 aromatic carbocycles. The molecule has 0 aliphatic carbocycles. The van der Waals surface area contributed by atoms with Gasteiger partial charge in [-0.05, 0) is 74.2 Å². The molecule has 1 aliphatic rings. The predicted octanol–water partition coefficient (Wildman–Crippen LogP) is 4.57. The fourth-order valence-electron chi connectivity index (χ4n) is 4.33. The molecule has 0 bridgehead atoms. The number of aryl methyl sites for hydroxylation is 2. The van der Waals surface area contributed by atoms with Crippen LogP contribution >= 0.6 is 0 Å². The number of hydrogen-bond acceptors (Lipinski definition) is 6. The van der Waals surface area contributed by atoms with Gasteiger partial charge in [-0.2, -0.15) is 0 Å². The maximum absolute atomic E-state index is 12.7. The van der Waals surface area contributed by atoms with E-state index >= 15 is 0 Å². The van der Waals surface area contributed by atoms with E-state index in [1.807, 2.05) is 43.5 Å². The van der Waals surface area contributed by atoms with Crippen LogP contribution in [0.3, 0.4) is 0 Å². The van der Waals surface area contributed by atoms with Gasteiger partial charge >= 0.3 is 0 Å². The number of morpholine rings is 1. The minimum absolute atomic E-state index is 0.174. The monoisotopic (exact) mass is 441 g/mol. The first kappa shape index (κ1) is 21.2. The van der Waals surface area contributed by atoms with E-state index in [9.17, 15) is 4.79 Å². The highest BCUT2D eigenvalue weighted by Crippen LogP contribution is 2.30. The number of benzene rings is 1. The lowest BCUT2D eigenvalue weighted by Gasteiger charge is -2.34. The maximum Gasteiger partial charge on any atom is 0.259 e. The van der Waals surface area contributed by atoms with Crippen LogP contribution < -0.4 is 15.8 Å². The lowest BCUT2D eigenvalue weighted by Crippen LogP contribution is -2.41. The average molecular weight is 442 g/mol. The Kier molecular flexibility index (Phi) is 5.56. The van der Waals surface area contributed by atoms with Gasteiger partial charge in [0.25, 0.3) is 5.56 Å². The molecule has 4 aromatic rings. The third kappa shape index (κ3) is 4.32. The Balaban J connectivity index is 1.53. The Morgan fingerprint density at radius 3 is 2.79 bits per heavy atom. The second-order valence-corrected chi connectivity index (χ2v) is 8.57. The Hall–Kier alpha value is -3.71. The molecule has 7 heteroatoms. The number of aromatic nitrogens is 3. The van der Waals surface area contributed by atoms with Crippen LogP contribution in [0, 0.1) is 13.8 Å². The molecule has 0 amide bonds. The fraction of sp³-hybridized carbons (Fsp3) is 0.269. The molecule has 0 radical (unpaired) electrons. The normalized spacial score (nSPS) is 16.2. The summed E-state index contributed by atoms with van der Waals surface area (Å²) in [6, 6.07) is 14.0. The number of nitrogens with one attached hydrogen (secondary N) is 2. The summed E-state index contributed by atoms with van der Waals surface area (Å²) in [5.74, 6) is 0.525. The van der Waals surface area contributed by atoms with Crippen LogP contribution in [0.1, 0.15) is 18.2 Å². The molecule has 33 heavy (non-hydrogen) atoms. The molecule has 1 fully saturated rings. The molecule has 3 aromatic heterocycles. The van der Waals surface area contributed by atoms with E-state index in [-0.39, 0.29) is 11.7 Å². The minimum atomic E-state index is -0.174. The van der Waals surface area contributed by atoms with Gasteiger partial charge in [0, 0.05) is 48.1 Å². The van der Waals surface area contributed by atoms with E-state index < -0.39 is 0 Å². The van der Waals surface area contributed by atoms with E-state index in [4.69, 9.17) is 9.72 Å². The standard InChI is InChI=1S/C26H27N5O2/c1-16-12-21(6-7-23(16)31-10-11-33-18(3)15-31)29-25-24-19(8-9-27-26(24)32)13-22(30-25)20-5-4-17(2)28-14-20/h4-9,12-14,18H,10-11,15H2,1-3H3,(H,27,32)(H,29,30)/t18-/m1/s1. The zero-order chi connectivity index (χ0) is 22.9. The van der Waals surface area contributed by atoms with Crippen LogP contribution in [0.2, 0.25) is 0 Å². The van der Waals surface area contributed by atoms with Crippen LogP contribution in [0.5, 0.6) is 0 Å². The van der Waals surface area contributed by atoms with E-state index in [2.05, 4.69) is 46.2 Å². The van der Waals surface area contributed by atoms with Crippen molar-refractivity contribution >= 4 is 28.0 Å². The first-order chi connectivity index (χ1) is 16.0. The van der Waals surface area contributed by atoms with Gasteiger partial charge in [-0.15, -0.1) is 0 Å². The molecule has 0 unspecified atom stereocenters. The summed E-state index contributed by atoms with van der Waals surface area (Å²) < 4.78 is 5.68. The van der Waals surface area contributed by atoms with Crippen LogP contribution in [0.15, 0.2) is 59.7 Å². The Morgan fingerprint density at radius 2 is 2.03 bits per heavy atom. The molecule has 0 saturated carbocycles. The zero-order valence-electron chi connectivity index (χ0n) is 19.1. The van der Waals surface area contributed by atoms with Gasteiger partial charge in [0.15, 0.2) is 0 Å². The third-order valence-electron chi connectivity index (χ3n) is 6.00. The van der Waals surface area contributed by atoms with Crippen molar-refractivity contribution < 1.29 is 4.74 Å². The van der Waals surface area contributed by atoms with Crippen molar-refractivity contribution in [1.29, 1.82) is 0 Å². The summed E-state index contributed by atoms with van der Waals surface area (Å²) >= 11 is 0. The molecule has 4 heterocycles. The Morgan fingerprint density at radius 1 is 1.15 bits per heavy atom. The summed E-state index contributed by atoms with van der Waals surface area (Å²) in [6.07, 6.45) is 3.69. The molecule has 0 spiro atoms. The number of ether oxygens (including phenoxy) is 1. The van der Waals surface area contributed by atoms with Crippen molar-refractivity contribution in [2.75, 3.05) is 29.9 Å². The molecule has 168 valence electrons. The molecular weight excluding hydrogens is 414 g/mol. The Labute approximate surface area is 192 Å². The molecule has 2 N–H and O–H groups in total. The second kappa shape index (κ2) is 8.67. The number of rotatable bonds is 4. The summed E-state index contributed by atoms with van der Waals surface area (Å²) in [6.45, 7) is 8.65. The quantitative estimate of drug-likeness (QED) is 0.483. The number of fused-ring (bicyclic) bond motifs is 1. The maximum atomic E-state index is 12.7. The molecule has 5 rings (SSSR count). The molecule has 1 saturated heterocycles. The van der Waals surface area contributed by atoms with E-state index in [0.29, 0.717) is 11.2 Å². The van der Waals surface area contributed by atoms with Gasteiger partial charge in [-0.1, -0.05) is 0 Å². The van der Waals surface area contributed by atoms with Crippen molar-refractivity contribution in [2.24, 2.45) is 0 Å². The zero-order valence-corrected chi connectivity index (χ0v) is 19.1. The molecule has 1 atom stereocenters. The van der Waals surface area contributed by atoms with E-state index in [0.717, 1.165) is 53.3 Å². The number of pyridine rings is 3. The van der Waals surface area contributed by atoms with E-state index in [1.54, 1.807) is 6.20 Å². The van der Waals surface area contributed by atoms with Crippen molar-refractivity contribution in [3.63, 3.8) is 0 Å². The highest BCUT2D eigenvalue weighted by molar-refractivity contribution is 5.95. The summed E-state index contributed by atoms with van der Waals surface area (Å²) in [7, 11) is 0. The van der Waals surface area contributed by atoms with Crippen molar-refractivity contribution in [1.82, 2.24) is 15.0 Å². The van der Waals surface area contributed by atoms with Crippen molar-refractivity contribution in [2.45, 2.75) is 26.9 Å². The number of nitrogens with zero attached hydrogens (tertiary/aromatic N) is 3. The Bertz CT molecular complexity index is 1360. The lowest BCUT2D eigenvalue weighted by atomic mass is 10.1. The van der Waals surface area contributed by atoms with Crippen LogP contribution in [-0.2, 0) is 4.74 Å². The summed E-state index contributed by atoms with van der Waals surface area (Å²) in [5.41, 5.74) is 5.68. The average Bonchev–Trinajstić information content (AvgIpc) is 2.79. The number of anilines is 3. The largest absolute Gasteiger partial charge is 0.375 e. The lowest BCUT2D eigenvalue weighted by molar-refractivity contribution is 0.0532. The molecular formula is C26H27N5O2. The summed E-state index contributed by atoms with van der Waals surface area (Å²) in [5, 5.41) is 4.75. The first-order valence-electron chi connectivity index (χ1n) is 11.2. The van der Waals surface area contributed by atoms with E-state index in [1.165, 1.54) is 5.69 Å². The number of hydrogen-bond donors (Lipinski definition) is 2. The predicted molar refractivity (Wildman–Crippen MR) is 132 cm³/mol. The van der Waals surface area contributed by atoms with Gasteiger partial charge < -0.3 is 19.9 Å². The smallest absolute Gasteiger partial charge is 0.259 e. The van der Waals surface area contributed by atoms with Gasteiger partial charge in [0.1, 0.15) is 5.82 Å². The fourth-order valence-corrected chi connectivity index (χ4v) is 4.33. The topological polar surface area (TPSA) is 83.1 Å². The third-order valence-corrected chi connectivity index (χ3v) is 6.00. The van der Waals surface area contributed by atoms with Crippen molar-refractivity contribution in [3.8, 4) is 11.3 Å². The minimum Gasteiger partial charge on any atom is -0.375 e. The highest BCUT2D eigenvalue weighted by atomic mass is 16.5. The van der Waals surface area contributed by atoms with Gasteiger partial charge in [0.05, 0.1) is 23.8 Å². The van der Waals surface area contributed by atoms with Crippen LogP contribution in [-0.4, -0.2) is 40.8 Å².